The van der Waals surface area contributed by atoms with Crippen molar-refractivity contribution in [1.29, 1.82) is 0 Å². The SMILES string of the molecule is CCc1ccc(C(=O)O)cc1S(=O)(=O)C1CCCC(C)C1. The predicted molar refractivity (Wildman–Crippen MR) is 81.4 cm³/mol. The molecule has 5 heteroatoms. The van der Waals surface area contributed by atoms with Crippen LogP contribution >= 0.6 is 0 Å². The third kappa shape index (κ3) is 3.28. The zero-order chi connectivity index (χ0) is 15.6. The van der Waals surface area contributed by atoms with E-state index in [0.717, 1.165) is 12.8 Å². The number of hydrogen-bond donors (Lipinski definition) is 1. The smallest absolute Gasteiger partial charge is 0.335 e. The first-order valence-corrected chi connectivity index (χ1v) is 9.01. The molecule has 0 spiro atoms. The first-order chi connectivity index (χ1) is 9.86. The number of aromatic carboxylic acids is 1. The van der Waals surface area contributed by atoms with Crippen LogP contribution < -0.4 is 0 Å². The molecule has 2 atom stereocenters. The molecule has 1 aliphatic rings. The van der Waals surface area contributed by atoms with E-state index in [1.807, 2.05) is 6.92 Å². The van der Waals surface area contributed by atoms with Crippen LogP contribution in [0.2, 0.25) is 0 Å². The average molecular weight is 310 g/mol. The van der Waals surface area contributed by atoms with Crippen LogP contribution in [0.3, 0.4) is 0 Å². The molecule has 1 aromatic rings. The molecule has 2 rings (SSSR count). The van der Waals surface area contributed by atoms with Crippen LogP contribution in [0.15, 0.2) is 23.1 Å². The molecule has 116 valence electrons. The Morgan fingerprint density at radius 1 is 1.33 bits per heavy atom. The first kappa shape index (κ1) is 16.0. The minimum absolute atomic E-state index is 0.0367. The molecule has 0 aromatic heterocycles. The van der Waals surface area contributed by atoms with Gasteiger partial charge in [0.15, 0.2) is 9.84 Å². The van der Waals surface area contributed by atoms with E-state index in [4.69, 9.17) is 5.11 Å². The van der Waals surface area contributed by atoms with E-state index in [2.05, 4.69) is 6.92 Å². The molecule has 1 saturated carbocycles. The number of carboxylic acid groups (broad SMARTS) is 1. The van der Waals surface area contributed by atoms with E-state index in [0.29, 0.717) is 30.7 Å². The lowest BCUT2D eigenvalue weighted by Gasteiger charge is -2.27. The number of carboxylic acids is 1. The molecule has 1 aliphatic carbocycles. The molecule has 21 heavy (non-hydrogen) atoms. The Morgan fingerprint density at radius 2 is 2.05 bits per heavy atom. The van der Waals surface area contributed by atoms with Crippen molar-refractivity contribution in [3.05, 3.63) is 29.3 Å². The van der Waals surface area contributed by atoms with Gasteiger partial charge in [-0.05, 0) is 42.9 Å². The minimum Gasteiger partial charge on any atom is -0.478 e. The number of rotatable bonds is 4. The predicted octanol–water partition coefficient (Wildman–Crippen LogP) is 3.30. The lowest BCUT2D eigenvalue weighted by atomic mass is 9.91. The number of carbonyl (C=O) groups is 1. The Bertz CT molecular complexity index is 634. The molecule has 1 aromatic carbocycles. The third-order valence-corrected chi connectivity index (χ3v) is 6.63. The summed E-state index contributed by atoms with van der Waals surface area (Å²) in [5, 5.41) is 8.72. The van der Waals surface area contributed by atoms with Crippen molar-refractivity contribution in [3.63, 3.8) is 0 Å². The molecule has 0 radical (unpaired) electrons. The third-order valence-electron chi connectivity index (χ3n) is 4.33. The maximum Gasteiger partial charge on any atom is 0.335 e. The zero-order valence-corrected chi connectivity index (χ0v) is 13.3. The van der Waals surface area contributed by atoms with Gasteiger partial charge in [0.25, 0.3) is 0 Å². The molecule has 0 bridgehead atoms. The lowest BCUT2D eigenvalue weighted by Crippen LogP contribution is -2.28. The van der Waals surface area contributed by atoms with Gasteiger partial charge in [-0.1, -0.05) is 32.8 Å². The summed E-state index contributed by atoms with van der Waals surface area (Å²) >= 11 is 0. The van der Waals surface area contributed by atoms with E-state index >= 15 is 0 Å². The standard InChI is InChI=1S/C16H22O4S/c1-3-12-7-8-13(16(17)18)10-15(12)21(19,20)14-6-4-5-11(2)9-14/h7-8,10-11,14H,3-6,9H2,1-2H3,(H,17,18). The second kappa shape index (κ2) is 6.18. The van der Waals surface area contributed by atoms with Gasteiger partial charge < -0.3 is 5.11 Å². The molecule has 0 saturated heterocycles. The van der Waals surface area contributed by atoms with E-state index in [-0.39, 0.29) is 15.7 Å². The van der Waals surface area contributed by atoms with Crippen LogP contribution in [0.4, 0.5) is 0 Å². The highest BCUT2D eigenvalue weighted by atomic mass is 32.2. The highest BCUT2D eigenvalue weighted by Gasteiger charge is 2.33. The quantitative estimate of drug-likeness (QED) is 0.926. The van der Waals surface area contributed by atoms with Gasteiger partial charge in [0, 0.05) is 0 Å². The van der Waals surface area contributed by atoms with Crippen LogP contribution in [0.5, 0.6) is 0 Å². The summed E-state index contributed by atoms with van der Waals surface area (Å²) in [6, 6.07) is 4.43. The van der Waals surface area contributed by atoms with Gasteiger partial charge in [0.2, 0.25) is 0 Å². The molecule has 0 amide bonds. The largest absolute Gasteiger partial charge is 0.478 e. The highest BCUT2D eigenvalue weighted by Crippen LogP contribution is 2.33. The van der Waals surface area contributed by atoms with Gasteiger partial charge in [-0.15, -0.1) is 0 Å². The summed E-state index contributed by atoms with van der Waals surface area (Å²) in [5.41, 5.74) is 0.743. The van der Waals surface area contributed by atoms with Crippen molar-refractivity contribution in [3.8, 4) is 0 Å². The zero-order valence-electron chi connectivity index (χ0n) is 12.5. The summed E-state index contributed by atoms with van der Waals surface area (Å²) in [5.74, 6) is -0.683. The van der Waals surface area contributed by atoms with E-state index in [9.17, 15) is 13.2 Å². The van der Waals surface area contributed by atoms with Crippen LogP contribution in [0, 0.1) is 5.92 Å². The van der Waals surface area contributed by atoms with Gasteiger partial charge >= 0.3 is 5.97 Å². The molecule has 2 unspecified atom stereocenters. The lowest BCUT2D eigenvalue weighted by molar-refractivity contribution is 0.0696. The Hall–Kier alpha value is -1.36. The molecule has 4 nitrogen and oxygen atoms in total. The van der Waals surface area contributed by atoms with Crippen molar-refractivity contribution >= 4 is 15.8 Å². The van der Waals surface area contributed by atoms with Crippen molar-refractivity contribution in [1.82, 2.24) is 0 Å². The minimum atomic E-state index is -3.46. The number of hydrogen-bond acceptors (Lipinski definition) is 3. The maximum atomic E-state index is 12.9. The van der Waals surface area contributed by atoms with Crippen LogP contribution in [-0.2, 0) is 16.3 Å². The fourth-order valence-corrected chi connectivity index (χ4v) is 5.37. The average Bonchev–Trinajstić information content (AvgIpc) is 2.46. The van der Waals surface area contributed by atoms with Crippen LogP contribution in [0.1, 0.15) is 55.5 Å². The van der Waals surface area contributed by atoms with Crippen LogP contribution in [0.25, 0.3) is 0 Å². The molecular weight excluding hydrogens is 288 g/mol. The number of benzene rings is 1. The Morgan fingerprint density at radius 3 is 2.62 bits per heavy atom. The van der Waals surface area contributed by atoms with E-state index in [1.165, 1.54) is 12.1 Å². The summed E-state index contributed by atoms with van der Waals surface area (Å²) in [4.78, 5) is 11.3. The Balaban J connectivity index is 2.47. The molecule has 0 aliphatic heterocycles. The second-order valence-corrected chi connectivity index (χ2v) is 8.12. The molecule has 0 heterocycles. The Kier molecular flexibility index (Phi) is 4.71. The summed E-state index contributed by atoms with van der Waals surface area (Å²) in [6.45, 7) is 3.97. The van der Waals surface area contributed by atoms with Gasteiger partial charge in [0.1, 0.15) is 0 Å². The van der Waals surface area contributed by atoms with Gasteiger partial charge in [0.05, 0.1) is 15.7 Å². The summed E-state index contributed by atoms with van der Waals surface area (Å²) < 4.78 is 25.8. The fourth-order valence-electron chi connectivity index (χ4n) is 3.08. The normalized spacial score (nSPS) is 23.0. The summed E-state index contributed by atoms with van der Waals surface area (Å²) in [6.07, 6.45) is 3.92. The van der Waals surface area contributed by atoms with Gasteiger partial charge in [-0.2, -0.15) is 0 Å². The van der Waals surface area contributed by atoms with E-state index < -0.39 is 15.8 Å². The maximum absolute atomic E-state index is 12.9. The van der Waals surface area contributed by atoms with Gasteiger partial charge in [-0.3, -0.25) is 0 Å². The monoisotopic (exact) mass is 310 g/mol. The topological polar surface area (TPSA) is 71.4 Å². The number of sulfone groups is 1. The fraction of sp³-hybridized carbons (Fsp3) is 0.562. The summed E-state index contributed by atoms with van der Waals surface area (Å²) in [7, 11) is -3.46. The van der Waals surface area contributed by atoms with Crippen molar-refractivity contribution in [2.24, 2.45) is 5.92 Å². The second-order valence-electron chi connectivity index (χ2n) is 5.92. The Labute approximate surface area is 126 Å². The van der Waals surface area contributed by atoms with E-state index in [1.54, 1.807) is 6.07 Å². The van der Waals surface area contributed by atoms with Crippen LogP contribution in [-0.4, -0.2) is 24.7 Å². The first-order valence-electron chi connectivity index (χ1n) is 7.46. The molecule has 1 N–H and O–H groups in total. The highest BCUT2D eigenvalue weighted by molar-refractivity contribution is 7.92. The molecular formula is C16H22O4S. The molecule has 1 fully saturated rings. The van der Waals surface area contributed by atoms with Crippen molar-refractivity contribution in [2.75, 3.05) is 0 Å². The number of aryl methyl sites for hydroxylation is 1. The van der Waals surface area contributed by atoms with Crippen molar-refractivity contribution < 1.29 is 18.3 Å². The van der Waals surface area contributed by atoms with Crippen molar-refractivity contribution in [2.45, 2.75) is 56.1 Å². The van der Waals surface area contributed by atoms with Gasteiger partial charge in [-0.25, -0.2) is 13.2 Å².